The summed E-state index contributed by atoms with van der Waals surface area (Å²) in [5, 5.41) is 5.02. The third kappa shape index (κ3) is 8.13. The van der Waals surface area contributed by atoms with E-state index in [9.17, 15) is 13.2 Å². The maximum absolute atomic E-state index is 13.6. The summed E-state index contributed by atoms with van der Waals surface area (Å²) >= 11 is 0. The van der Waals surface area contributed by atoms with Gasteiger partial charge in [0, 0.05) is 39.3 Å². The number of nitrogens with zero attached hydrogens (tertiary/aromatic N) is 3. The van der Waals surface area contributed by atoms with Crippen molar-refractivity contribution in [3.8, 4) is 0 Å². The molecule has 10 heteroatoms. The van der Waals surface area contributed by atoms with Gasteiger partial charge in [-0.15, -0.1) is 0 Å². The lowest BCUT2D eigenvalue weighted by atomic mass is 9.83. The zero-order valence-corrected chi connectivity index (χ0v) is 28.2. The van der Waals surface area contributed by atoms with Gasteiger partial charge in [0.25, 0.3) is 0 Å². The molecule has 0 saturated carbocycles. The van der Waals surface area contributed by atoms with Crippen molar-refractivity contribution in [2.24, 2.45) is 5.41 Å². The van der Waals surface area contributed by atoms with Crippen molar-refractivity contribution < 1.29 is 17.9 Å². The molecule has 3 aliphatic heterocycles. The topological polar surface area (TPSA) is 94.2 Å². The number of rotatable bonds is 8. The second-order valence-electron chi connectivity index (χ2n) is 14.6. The molecule has 0 bridgehead atoms. The molecule has 3 aliphatic rings. The molecule has 9 nitrogen and oxygen atoms in total. The Morgan fingerprint density at radius 2 is 1.68 bits per heavy atom. The number of likely N-dealkylation sites (tertiary alicyclic amines) is 1. The monoisotopic (exact) mass is 625 g/mol. The standard InChI is InChI=1S/C34H51N5O4S/c1-33(2,3)43-32(40)36-29-14-18-39(19-15-29)44(41,42)30-9-7-8-25(20-30)22-34(4,5)24-38-16-12-26(13-17-38)27-10-11-28-23-35-37(6)31(28)21-27/h7-11,20-21,26,29,35H,12-19,22-24H2,1-6H3,(H,36,40). The first-order chi connectivity index (χ1) is 20.7. The van der Waals surface area contributed by atoms with Crippen molar-refractivity contribution in [1.82, 2.24) is 19.9 Å². The van der Waals surface area contributed by atoms with Gasteiger partial charge < -0.3 is 20.0 Å². The van der Waals surface area contributed by atoms with Crippen LogP contribution in [0.15, 0.2) is 47.4 Å². The fourth-order valence-corrected chi connectivity index (χ4v) is 8.44. The largest absolute Gasteiger partial charge is 0.444 e. The van der Waals surface area contributed by atoms with Crippen LogP contribution in [0.2, 0.25) is 0 Å². The van der Waals surface area contributed by atoms with Crippen LogP contribution in [-0.2, 0) is 27.7 Å². The second-order valence-corrected chi connectivity index (χ2v) is 16.6. The Morgan fingerprint density at radius 1 is 0.977 bits per heavy atom. The Kier molecular flexibility index (Phi) is 9.66. The molecule has 0 aromatic heterocycles. The van der Waals surface area contributed by atoms with E-state index in [-0.39, 0.29) is 11.5 Å². The van der Waals surface area contributed by atoms with Gasteiger partial charge in [-0.25, -0.2) is 18.6 Å². The number of hydrogen-bond acceptors (Lipinski definition) is 7. The number of fused-ring (bicyclic) bond motifs is 1. The number of alkyl carbamates (subject to hydrolysis) is 1. The maximum Gasteiger partial charge on any atom is 0.407 e. The third-order valence-corrected chi connectivity index (χ3v) is 11.0. The number of hydrazine groups is 1. The number of nitrogens with one attached hydrogen (secondary N) is 2. The number of hydrogen-bond donors (Lipinski definition) is 2. The normalized spacial score (nSPS) is 19.6. The summed E-state index contributed by atoms with van der Waals surface area (Å²) in [7, 11) is -1.53. The van der Waals surface area contributed by atoms with E-state index in [4.69, 9.17) is 4.74 Å². The summed E-state index contributed by atoms with van der Waals surface area (Å²) in [6, 6.07) is 14.3. The predicted octanol–water partition coefficient (Wildman–Crippen LogP) is 5.27. The first-order valence-electron chi connectivity index (χ1n) is 16.1. The highest BCUT2D eigenvalue weighted by molar-refractivity contribution is 7.89. The Labute approximate surface area is 264 Å². The summed E-state index contributed by atoms with van der Waals surface area (Å²) in [5.74, 6) is 0.591. The number of benzene rings is 2. The van der Waals surface area contributed by atoms with E-state index in [2.05, 4.69) is 59.7 Å². The molecule has 2 aromatic carbocycles. The van der Waals surface area contributed by atoms with Gasteiger partial charge in [-0.2, -0.15) is 4.31 Å². The maximum atomic E-state index is 13.6. The molecule has 0 spiro atoms. The molecule has 2 aromatic rings. The summed E-state index contributed by atoms with van der Waals surface area (Å²) in [4.78, 5) is 15.1. The lowest BCUT2D eigenvalue weighted by molar-refractivity contribution is 0.0489. The van der Waals surface area contributed by atoms with Crippen LogP contribution in [0.25, 0.3) is 0 Å². The highest BCUT2D eigenvalue weighted by Crippen LogP contribution is 2.35. The third-order valence-electron chi connectivity index (χ3n) is 9.08. The predicted molar refractivity (Wildman–Crippen MR) is 175 cm³/mol. The lowest BCUT2D eigenvalue weighted by Crippen LogP contribution is -2.47. The molecule has 242 valence electrons. The number of anilines is 1. The fourth-order valence-electron chi connectivity index (χ4n) is 6.90. The molecule has 2 saturated heterocycles. The first-order valence-corrected chi connectivity index (χ1v) is 17.5. The van der Waals surface area contributed by atoms with E-state index in [0.29, 0.717) is 36.7 Å². The average Bonchev–Trinajstić information content (AvgIpc) is 3.32. The van der Waals surface area contributed by atoms with Gasteiger partial charge >= 0.3 is 6.09 Å². The number of amides is 1. The minimum absolute atomic E-state index is 0.00283. The molecule has 44 heavy (non-hydrogen) atoms. The van der Waals surface area contributed by atoms with Crippen molar-refractivity contribution in [3.05, 3.63) is 59.2 Å². The zero-order chi connectivity index (χ0) is 31.7. The Bertz CT molecular complexity index is 1420. The minimum atomic E-state index is -3.62. The zero-order valence-electron chi connectivity index (χ0n) is 27.4. The van der Waals surface area contributed by atoms with Gasteiger partial charge in [0.05, 0.1) is 10.6 Å². The van der Waals surface area contributed by atoms with Crippen molar-refractivity contribution >= 4 is 21.8 Å². The smallest absolute Gasteiger partial charge is 0.407 e. The van der Waals surface area contributed by atoms with Gasteiger partial charge in [-0.3, -0.25) is 0 Å². The highest BCUT2D eigenvalue weighted by atomic mass is 32.2. The molecule has 1 amide bonds. The Hall–Kier alpha value is -2.66. The van der Waals surface area contributed by atoms with Crippen LogP contribution in [0.3, 0.4) is 0 Å². The summed E-state index contributed by atoms with van der Waals surface area (Å²) in [6.07, 6.45) is 3.78. The SMILES string of the molecule is CN1NCc2ccc(C3CCN(CC(C)(C)Cc4cccc(S(=O)(=O)N5CCC(NC(=O)OC(C)(C)C)CC5)c4)CC3)cc21. The number of carbonyl (C=O) groups is 1. The van der Waals surface area contributed by atoms with E-state index < -0.39 is 21.7 Å². The van der Waals surface area contributed by atoms with Crippen LogP contribution < -0.4 is 15.8 Å². The van der Waals surface area contributed by atoms with E-state index in [1.807, 2.05) is 39.0 Å². The highest BCUT2D eigenvalue weighted by Gasteiger charge is 2.32. The van der Waals surface area contributed by atoms with Gasteiger partial charge in [0.2, 0.25) is 10.0 Å². The second kappa shape index (κ2) is 13.0. The van der Waals surface area contributed by atoms with E-state index in [0.717, 1.165) is 51.0 Å². The molecular formula is C34H51N5O4S. The van der Waals surface area contributed by atoms with Gasteiger partial charge in [0.15, 0.2) is 0 Å². The van der Waals surface area contributed by atoms with Crippen LogP contribution >= 0.6 is 0 Å². The molecule has 2 fully saturated rings. The molecule has 0 aliphatic carbocycles. The number of ether oxygens (including phenoxy) is 1. The van der Waals surface area contributed by atoms with Gasteiger partial charge in [-0.05, 0) is 112 Å². The quantitative estimate of drug-likeness (QED) is 0.413. The van der Waals surface area contributed by atoms with E-state index >= 15 is 0 Å². The molecule has 0 radical (unpaired) electrons. The van der Waals surface area contributed by atoms with Crippen LogP contribution in [-0.4, -0.2) is 75.1 Å². The van der Waals surface area contributed by atoms with Crippen LogP contribution in [0.5, 0.6) is 0 Å². The molecule has 0 unspecified atom stereocenters. The molecule has 0 atom stereocenters. The van der Waals surface area contributed by atoms with Crippen LogP contribution in [0.4, 0.5) is 10.5 Å². The Balaban J connectivity index is 1.13. The molecule has 2 N–H and O–H groups in total. The summed E-state index contributed by atoms with van der Waals surface area (Å²) in [6.45, 7) is 14.8. The first kappa shape index (κ1) is 32.7. The van der Waals surface area contributed by atoms with Gasteiger partial charge in [-0.1, -0.05) is 38.1 Å². The van der Waals surface area contributed by atoms with Crippen molar-refractivity contribution in [1.29, 1.82) is 0 Å². The Morgan fingerprint density at radius 3 is 2.36 bits per heavy atom. The number of piperidine rings is 2. The molecule has 3 heterocycles. The van der Waals surface area contributed by atoms with Crippen molar-refractivity contribution in [2.75, 3.05) is 44.8 Å². The van der Waals surface area contributed by atoms with Gasteiger partial charge in [0.1, 0.15) is 5.60 Å². The average molecular weight is 626 g/mol. The number of sulfonamides is 1. The minimum Gasteiger partial charge on any atom is -0.444 e. The lowest BCUT2D eigenvalue weighted by Gasteiger charge is -2.38. The fraction of sp³-hybridized carbons (Fsp3) is 0.618. The number of carbonyl (C=O) groups excluding carboxylic acids is 1. The van der Waals surface area contributed by atoms with Crippen molar-refractivity contribution in [3.63, 3.8) is 0 Å². The summed E-state index contributed by atoms with van der Waals surface area (Å²) < 4.78 is 34.0. The van der Waals surface area contributed by atoms with E-state index in [1.54, 1.807) is 10.4 Å². The van der Waals surface area contributed by atoms with Crippen LogP contribution in [0, 0.1) is 5.41 Å². The van der Waals surface area contributed by atoms with Crippen LogP contribution in [0.1, 0.15) is 82.9 Å². The molecular weight excluding hydrogens is 574 g/mol. The molecule has 5 rings (SSSR count). The van der Waals surface area contributed by atoms with Crippen molar-refractivity contribution in [2.45, 2.75) is 95.7 Å². The summed E-state index contributed by atoms with van der Waals surface area (Å²) in [5.41, 5.74) is 7.97. The van der Waals surface area contributed by atoms with E-state index in [1.165, 1.54) is 16.8 Å².